The quantitative estimate of drug-likeness (QED) is 0.750. The predicted molar refractivity (Wildman–Crippen MR) is 69.2 cm³/mol. The smallest absolute Gasteiger partial charge is 0.0785 e. The highest BCUT2D eigenvalue weighted by molar-refractivity contribution is 9.10. The van der Waals surface area contributed by atoms with Gasteiger partial charge >= 0.3 is 0 Å². The van der Waals surface area contributed by atoms with Gasteiger partial charge in [-0.05, 0) is 12.1 Å². The molecule has 1 aromatic carbocycles. The molecule has 3 heteroatoms. The van der Waals surface area contributed by atoms with E-state index in [9.17, 15) is 0 Å². The average molecular weight is 283 g/mol. The number of pyridine rings is 1. The number of aromatic nitrogens is 1. The van der Waals surface area contributed by atoms with E-state index in [2.05, 4.69) is 20.9 Å². The molecule has 0 aliphatic carbocycles. The Labute approximate surface area is 102 Å². The van der Waals surface area contributed by atoms with E-state index in [0.29, 0.717) is 5.88 Å². The molecule has 0 spiro atoms. The van der Waals surface area contributed by atoms with Crippen LogP contribution in [-0.2, 0) is 0 Å². The highest BCUT2D eigenvalue weighted by Gasteiger charge is 2.02. The number of hydrogen-bond donors (Lipinski definition) is 0. The topological polar surface area (TPSA) is 12.9 Å². The van der Waals surface area contributed by atoms with E-state index in [1.165, 1.54) is 0 Å². The van der Waals surface area contributed by atoms with Gasteiger partial charge in [-0.25, -0.2) is 0 Å². The van der Waals surface area contributed by atoms with Crippen molar-refractivity contribution >= 4 is 44.5 Å². The lowest BCUT2D eigenvalue weighted by Crippen LogP contribution is -1.83. The molecule has 0 radical (unpaired) electrons. The minimum absolute atomic E-state index is 0.518. The molecule has 0 atom stereocenters. The summed E-state index contributed by atoms with van der Waals surface area (Å²) >= 11 is 9.13. The number of halogens is 2. The largest absolute Gasteiger partial charge is 0.256 e. The van der Waals surface area contributed by atoms with Gasteiger partial charge in [0, 0.05) is 27.5 Å². The lowest BCUT2D eigenvalue weighted by Gasteiger charge is -2.02. The summed E-state index contributed by atoms with van der Waals surface area (Å²) in [5.41, 5.74) is 2.09. The van der Waals surface area contributed by atoms with E-state index in [0.717, 1.165) is 20.9 Å². The first kappa shape index (κ1) is 10.7. The van der Waals surface area contributed by atoms with Gasteiger partial charge in [0.25, 0.3) is 0 Å². The Kier molecular flexibility index (Phi) is 3.39. The summed E-state index contributed by atoms with van der Waals surface area (Å²) in [5, 5.41) is 1.12. The second kappa shape index (κ2) is 4.77. The van der Waals surface area contributed by atoms with Crippen LogP contribution in [0.3, 0.4) is 0 Å². The first-order valence-corrected chi connectivity index (χ1v) is 5.91. The Balaban J connectivity index is 2.66. The number of benzene rings is 1. The van der Waals surface area contributed by atoms with Gasteiger partial charge in [-0.1, -0.05) is 40.2 Å². The molecule has 0 aliphatic heterocycles. The summed E-state index contributed by atoms with van der Waals surface area (Å²) in [6, 6.07) is 8.03. The van der Waals surface area contributed by atoms with Crippen LogP contribution < -0.4 is 0 Å². The van der Waals surface area contributed by atoms with E-state index in [4.69, 9.17) is 11.6 Å². The Morgan fingerprint density at radius 3 is 3.00 bits per heavy atom. The molecule has 15 heavy (non-hydrogen) atoms. The fourth-order valence-electron chi connectivity index (χ4n) is 1.47. The molecule has 0 unspecified atom stereocenters. The van der Waals surface area contributed by atoms with Crippen LogP contribution in [0, 0.1) is 0 Å². The third kappa shape index (κ3) is 2.21. The zero-order chi connectivity index (χ0) is 10.7. The van der Waals surface area contributed by atoms with Crippen molar-refractivity contribution in [2.75, 3.05) is 5.88 Å². The molecule has 1 nitrogen and oxygen atoms in total. The van der Waals surface area contributed by atoms with Crippen molar-refractivity contribution in [2.24, 2.45) is 0 Å². The summed E-state index contributed by atoms with van der Waals surface area (Å²) < 4.78 is 1.06. The molecule has 0 amide bonds. The zero-order valence-electron chi connectivity index (χ0n) is 7.95. The van der Waals surface area contributed by atoms with Crippen molar-refractivity contribution in [1.82, 2.24) is 4.98 Å². The normalized spacial score (nSPS) is 11.3. The van der Waals surface area contributed by atoms with Crippen LogP contribution in [0.15, 0.2) is 41.0 Å². The SMILES string of the molecule is ClC/C=C/c1ccc(Br)c2cccnc12. The van der Waals surface area contributed by atoms with E-state index in [1.807, 2.05) is 36.4 Å². The van der Waals surface area contributed by atoms with E-state index in [-0.39, 0.29) is 0 Å². The third-order valence-electron chi connectivity index (χ3n) is 2.13. The number of hydrogen-bond acceptors (Lipinski definition) is 1. The molecule has 0 aliphatic rings. The minimum Gasteiger partial charge on any atom is -0.256 e. The molecule has 0 saturated heterocycles. The second-order valence-corrected chi connectivity index (χ2v) is 4.26. The fraction of sp³-hybridized carbons (Fsp3) is 0.0833. The van der Waals surface area contributed by atoms with Gasteiger partial charge in [0.2, 0.25) is 0 Å². The molecular formula is C12H9BrClN. The Morgan fingerprint density at radius 1 is 1.33 bits per heavy atom. The van der Waals surface area contributed by atoms with Gasteiger partial charge in [-0.15, -0.1) is 11.6 Å². The first-order chi connectivity index (χ1) is 7.33. The van der Waals surface area contributed by atoms with E-state index < -0.39 is 0 Å². The molecule has 1 aromatic heterocycles. The molecule has 2 aromatic rings. The third-order valence-corrected chi connectivity index (χ3v) is 3.00. The molecule has 0 bridgehead atoms. The number of fused-ring (bicyclic) bond motifs is 1. The maximum atomic E-state index is 5.62. The van der Waals surface area contributed by atoms with Crippen LogP contribution in [0.1, 0.15) is 5.56 Å². The molecular weight excluding hydrogens is 273 g/mol. The monoisotopic (exact) mass is 281 g/mol. The highest BCUT2D eigenvalue weighted by atomic mass is 79.9. The molecule has 76 valence electrons. The van der Waals surface area contributed by atoms with Crippen LogP contribution in [0.2, 0.25) is 0 Å². The summed E-state index contributed by atoms with van der Waals surface area (Å²) in [7, 11) is 0. The van der Waals surface area contributed by atoms with Crippen LogP contribution in [0.25, 0.3) is 17.0 Å². The van der Waals surface area contributed by atoms with Gasteiger partial charge in [0.1, 0.15) is 0 Å². The highest BCUT2D eigenvalue weighted by Crippen LogP contribution is 2.25. The van der Waals surface area contributed by atoms with Crippen molar-refractivity contribution in [3.63, 3.8) is 0 Å². The molecule has 0 N–H and O–H groups in total. The maximum Gasteiger partial charge on any atom is 0.0785 e. The fourth-order valence-corrected chi connectivity index (χ4v) is 2.01. The van der Waals surface area contributed by atoms with Crippen molar-refractivity contribution in [1.29, 1.82) is 0 Å². The van der Waals surface area contributed by atoms with Gasteiger partial charge in [-0.2, -0.15) is 0 Å². The molecule has 0 saturated carbocycles. The van der Waals surface area contributed by atoms with Crippen molar-refractivity contribution < 1.29 is 0 Å². The van der Waals surface area contributed by atoms with E-state index in [1.54, 1.807) is 6.20 Å². The number of nitrogens with zero attached hydrogens (tertiary/aromatic N) is 1. The predicted octanol–water partition coefficient (Wildman–Crippen LogP) is 4.25. The van der Waals surface area contributed by atoms with Crippen molar-refractivity contribution in [2.45, 2.75) is 0 Å². The lowest BCUT2D eigenvalue weighted by atomic mass is 10.1. The average Bonchev–Trinajstić information content (AvgIpc) is 2.29. The molecule has 0 fully saturated rings. The van der Waals surface area contributed by atoms with Crippen LogP contribution in [-0.4, -0.2) is 10.9 Å². The number of rotatable bonds is 2. The van der Waals surface area contributed by atoms with Gasteiger partial charge in [0.05, 0.1) is 5.52 Å². The van der Waals surface area contributed by atoms with Gasteiger partial charge in [-0.3, -0.25) is 4.98 Å². The summed E-state index contributed by atoms with van der Waals surface area (Å²) in [5.74, 6) is 0.518. The van der Waals surface area contributed by atoms with Gasteiger partial charge < -0.3 is 0 Å². The maximum absolute atomic E-state index is 5.62. The summed E-state index contributed by atoms with van der Waals surface area (Å²) in [6.45, 7) is 0. The van der Waals surface area contributed by atoms with Crippen molar-refractivity contribution in [3.05, 3.63) is 46.6 Å². The van der Waals surface area contributed by atoms with Crippen LogP contribution in [0.4, 0.5) is 0 Å². The standard InChI is InChI=1S/C12H9BrClN/c13-11-6-5-9(3-1-7-14)12-10(11)4-2-8-15-12/h1-6,8H,7H2/b3-1+. The van der Waals surface area contributed by atoms with E-state index >= 15 is 0 Å². The Hall–Kier alpha value is -0.860. The van der Waals surface area contributed by atoms with Crippen LogP contribution >= 0.6 is 27.5 Å². The van der Waals surface area contributed by atoms with Crippen LogP contribution in [0.5, 0.6) is 0 Å². The zero-order valence-corrected chi connectivity index (χ0v) is 10.3. The second-order valence-electron chi connectivity index (χ2n) is 3.09. The van der Waals surface area contributed by atoms with Crippen molar-refractivity contribution in [3.8, 4) is 0 Å². The Bertz CT molecular complexity index is 508. The Morgan fingerprint density at radius 2 is 2.20 bits per heavy atom. The minimum atomic E-state index is 0.518. The molecule has 2 rings (SSSR count). The lowest BCUT2D eigenvalue weighted by molar-refractivity contribution is 1.40. The molecule has 1 heterocycles. The summed E-state index contributed by atoms with van der Waals surface area (Å²) in [6.07, 6.45) is 5.71. The number of allylic oxidation sites excluding steroid dienone is 1. The number of alkyl halides is 1. The first-order valence-electron chi connectivity index (χ1n) is 4.58. The summed E-state index contributed by atoms with van der Waals surface area (Å²) in [4.78, 5) is 4.37. The van der Waals surface area contributed by atoms with Gasteiger partial charge in [0.15, 0.2) is 0 Å².